The van der Waals surface area contributed by atoms with Crippen molar-refractivity contribution in [2.75, 3.05) is 12.4 Å². The number of methoxy groups -OCH3 is 1. The van der Waals surface area contributed by atoms with Crippen molar-refractivity contribution >= 4 is 11.6 Å². The molecule has 1 N–H and O–H groups in total. The lowest BCUT2D eigenvalue weighted by atomic mass is 9.83. The Hall–Kier alpha value is -2.29. The van der Waals surface area contributed by atoms with E-state index in [1.54, 1.807) is 7.11 Å². The molecule has 0 fully saturated rings. The fourth-order valence-corrected chi connectivity index (χ4v) is 2.06. The summed E-state index contributed by atoms with van der Waals surface area (Å²) in [5.41, 5.74) is 2.32. The van der Waals surface area contributed by atoms with E-state index >= 15 is 0 Å². The Morgan fingerprint density at radius 2 is 1.57 bits per heavy atom. The van der Waals surface area contributed by atoms with Crippen LogP contribution >= 0.6 is 0 Å². The monoisotopic (exact) mass is 283 g/mol. The SMILES string of the molecule is COc1ccc(C(C)(C)C(=O)Nc2ccc(C)cc2)cc1. The third kappa shape index (κ3) is 3.43. The summed E-state index contributed by atoms with van der Waals surface area (Å²) < 4.78 is 5.15. The third-order valence-electron chi connectivity index (χ3n) is 3.69. The van der Waals surface area contributed by atoms with Crippen LogP contribution in [-0.4, -0.2) is 13.0 Å². The highest BCUT2D eigenvalue weighted by molar-refractivity contribution is 5.98. The molecule has 0 spiro atoms. The average Bonchev–Trinajstić information content (AvgIpc) is 2.49. The molecule has 0 aliphatic rings. The van der Waals surface area contributed by atoms with Crippen LogP contribution in [0.25, 0.3) is 0 Å². The minimum atomic E-state index is -0.614. The van der Waals surface area contributed by atoms with E-state index in [1.165, 1.54) is 5.56 Å². The molecule has 0 aromatic heterocycles. The lowest BCUT2D eigenvalue weighted by molar-refractivity contribution is -0.120. The Labute approximate surface area is 126 Å². The minimum absolute atomic E-state index is 0.0310. The smallest absolute Gasteiger partial charge is 0.234 e. The zero-order valence-corrected chi connectivity index (χ0v) is 12.9. The van der Waals surface area contributed by atoms with Crippen molar-refractivity contribution in [2.45, 2.75) is 26.2 Å². The van der Waals surface area contributed by atoms with Crippen molar-refractivity contribution in [1.82, 2.24) is 0 Å². The Kier molecular flexibility index (Phi) is 4.32. The van der Waals surface area contributed by atoms with Crippen LogP contribution in [-0.2, 0) is 10.2 Å². The molecule has 3 heteroatoms. The van der Waals surface area contributed by atoms with Gasteiger partial charge in [-0.05, 0) is 50.6 Å². The van der Waals surface area contributed by atoms with E-state index in [2.05, 4.69) is 5.32 Å². The normalized spacial score (nSPS) is 11.0. The first kappa shape index (κ1) is 15.1. The molecular formula is C18H21NO2. The number of hydrogen-bond donors (Lipinski definition) is 1. The van der Waals surface area contributed by atoms with Gasteiger partial charge in [-0.15, -0.1) is 0 Å². The predicted octanol–water partition coefficient (Wildman–Crippen LogP) is 3.92. The quantitative estimate of drug-likeness (QED) is 0.923. The number of hydrogen-bond acceptors (Lipinski definition) is 2. The maximum Gasteiger partial charge on any atom is 0.234 e. The number of carbonyl (C=O) groups excluding carboxylic acids is 1. The lowest BCUT2D eigenvalue weighted by Crippen LogP contribution is -2.34. The van der Waals surface area contributed by atoms with Crippen LogP contribution in [0, 0.1) is 6.92 Å². The highest BCUT2D eigenvalue weighted by Crippen LogP contribution is 2.27. The number of aryl methyl sites for hydroxylation is 1. The van der Waals surface area contributed by atoms with Crippen molar-refractivity contribution in [3.05, 3.63) is 59.7 Å². The Bertz CT molecular complexity index is 613. The van der Waals surface area contributed by atoms with E-state index in [9.17, 15) is 4.79 Å². The molecule has 2 aromatic carbocycles. The first-order chi connectivity index (χ1) is 9.93. The van der Waals surface area contributed by atoms with Crippen LogP contribution in [0.5, 0.6) is 5.75 Å². The summed E-state index contributed by atoms with van der Waals surface area (Å²) in [7, 11) is 1.63. The van der Waals surface area contributed by atoms with Gasteiger partial charge < -0.3 is 10.1 Å². The highest BCUT2D eigenvalue weighted by atomic mass is 16.5. The van der Waals surface area contributed by atoms with Crippen LogP contribution in [0.2, 0.25) is 0 Å². The van der Waals surface area contributed by atoms with Crippen LogP contribution in [0.3, 0.4) is 0 Å². The first-order valence-corrected chi connectivity index (χ1v) is 6.96. The molecule has 0 saturated carbocycles. The Balaban J connectivity index is 2.17. The van der Waals surface area contributed by atoms with E-state index in [0.29, 0.717) is 0 Å². The molecule has 0 radical (unpaired) electrons. The third-order valence-corrected chi connectivity index (χ3v) is 3.69. The molecule has 110 valence electrons. The maximum atomic E-state index is 12.5. The van der Waals surface area contributed by atoms with Crippen molar-refractivity contribution in [1.29, 1.82) is 0 Å². The van der Waals surface area contributed by atoms with E-state index in [4.69, 9.17) is 4.74 Å². The largest absolute Gasteiger partial charge is 0.497 e. The molecule has 1 amide bonds. The molecule has 0 saturated heterocycles. The van der Waals surface area contributed by atoms with E-state index < -0.39 is 5.41 Å². The summed E-state index contributed by atoms with van der Waals surface area (Å²) in [4.78, 5) is 12.5. The molecule has 0 unspecified atom stereocenters. The molecule has 0 atom stereocenters. The van der Waals surface area contributed by atoms with E-state index in [-0.39, 0.29) is 5.91 Å². The molecular weight excluding hydrogens is 262 g/mol. The summed E-state index contributed by atoms with van der Waals surface area (Å²) >= 11 is 0. The van der Waals surface area contributed by atoms with Crippen LogP contribution < -0.4 is 10.1 Å². The molecule has 2 rings (SSSR count). The molecule has 2 aromatic rings. The van der Waals surface area contributed by atoms with Gasteiger partial charge in [0, 0.05) is 5.69 Å². The van der Waals surface area contributed by atoms with Gasteiger partial charge in [-0.25, -0.2) is 0 Å². The van der Waals surface area contributed by atoms with Gasteiger partial charge in [0.25, 0.3) is 0 Å². The fourth-order valence-electron chi connectivity index (χ4n) is 2.06. The standard InChI is InChI=1S/C18H21NO2/c1-13-5-9-15(10-6-13)19-17(20)18(2,3)14-7-11-16(21-4)12-8-14/h5-12H,1-4H3,(H,19,20). The summed E-state index contributed by atoms with van der Waals surface area (Å²) in [5.74, 6) is 0.755. The van der Waals surface area contributed by atoms with Gasteiger partial charge in [-0.3, -0.25) is 4.79 Å². The second kappa shape index (κ2) is 6.00. The number of amides is 1. The summed E-state index contributed by atoms with van der Waals surface area (Å²) in [6.45, 7) is 5.85. The second-order valence-electron chi connectivity index (χ2n) is 5.67. The van der Waals surface area contributed by atoms with Crippen molar-refractivity contribution < 1.29 is 9.53 Å². The van der Waals surface area contributed by atoms with Gasteiger partial charge in [0.15, 0.2) is 0 Å². The van der Waals surface area contributed by atoms with Crippen LogP contribution in [0.1, 0.15) is 25.0 Å². The molecule has 0 heterocycles. The number of rotatable bonds is 4. The van der Waals surface area contributed by atoms with Gasteiger partial charge in [-0.1, -0.05) is 29.8 Å². The summed E-state index contributed by atoms with van der Waals surface area (Å²) in [6, 6.07) is 15.4. The molecule has 0 aliphatic heterocycles. The van der Waals surface area contributed by atoms with Gasteiger partial charge in [0.05, 0.1) is 12.5 Å². The minimum Gasteiger partial charge on any atom is -0.497 e. The van der Waals surface area contributed by atoms with Crippen LogP contribution in [0.15, 0.2) is 48.5 Å². The van der Waals surface area contributed by atoms with Gasteiger partial charge in [-0.2, -0.15) is 0 Å². The highest BCUT2D eigenvalue weighted by Gasteiger charge is 2.29. The summed E-state index contributed by atoms with van der Waals surface area (Å²) in [5, 5.41) is 2.97. The van der Waals surface area contributed by atoms with E-state index in [0.717, 1.165) is 17.0 Å². The lowest BCUT2D eigenvalue weighted by Gasteiger charge is -2.24. The average molecular weight is 283 g/mol. The fraction of sp³-hybridized carbons (Fsp3) is 0.278. The summed E-state index contributed by atoms with van der Waals surface area (Å²) in [6.07, 6.45) is 0. The van der Waals surface area contributed by atoms with Gasteiger partial charge >= 0.3 is 0 Å². The number of nitrogens with one attached hydrogen (secondary N) is 1. The maximum absolute atomic E-state index is 12.5. The molecule has 0 aliphatic carbocycles. The zero-order valence-electron chi connectivity index (χ0n) is 12.9. The topological polar surface area (TPSA) is 38.3 Å². The van der Waals surface area contributed by atoms with Crippen LogP contribution in [0.4, 0.5) is 5.69 Å². The Morgan fingerprint density at radius 1 is 1.00 bits per heavy atom. The molecule has 21 heavy (non-hydrogen) atoms. The zero-order chi connectivity index (χ0) is 15.5. The van der Waals surface area contributed by atoms with Crippen molar-refractivity contribution in [3.63, 3.8) is 0 Å². The van der Waals surface area contributed by atoms with Gasteiger partial charge in [0.2, 0.25) is 5.91 Å². The molecule has 3 nitrogen and oxygen atoms in total. The van der Waals surface area contributed by atoms with Crippen molar-refractivity contribution in [2.24, 2.45) is 0 Å². The molecule has 0 bridgehead atoms. The number of carbonyl (C=O) groups is 1. The Morgan fingerprint density at radius 3 is 2.10 bits per heavy atom. The second-order valence-corrected chi connectivity index (χ2v) is 5.67. The number of anilines is 1. The van der Waals surface area contributed by atoms with E-state index in [1.807, 2.05) is 69.3 Å². The van der Waals surface area contributed by atoms with Crippen molar-refractivity contribution in [3.8, 4) is 5.75 Å². The number of ether oxygens (including phenoxy) is 1. The van der Waals surface area contributed by atoms with Gasteiger partial charge in [0.1, 0.15) is 5.75 Å². The number of benzene rings is 2. The predicted molar refractivity (Wildman–Crippen MR) is 85.8 cm³/mol. The first-order valence-electron chi connectivity index (χ1n) is 6.96.